The van der Waals surface area contributed by atoms with Crippen molar-refractivity contribution in [3.8, 4) is 0 Å². The van der Waals surface area contributed by atoms with Gasteiger partial charge in [-0.05, 0) is 32.4 Å². The standard InChI is InChI=1S/C15H26N2O3/c1-15(2,10-17(3)4)9-16-13(18)11-7-5-6-8-12(11)14(19)20/h5-6,11-12H,7-10H2,1-4H3,(H,16,18)(H,19,20). The van der Waals surface area contributed by atoms with Crippen LogP contribution in [0.3, 0.4) is 0 Å². The summed E-state index contributed by atoms with van der Waals surface area (Å²) in [5.74, 6) is -2.08. The lowest BCUT2D eigenvalue weighted by Crippen LogP contribution is -2.44. The van der Waals surface area contributed by atoms with Crippen LogP contribution in [-0.2, 0) is 9.59 Å². The summed E-state index contributed by atoms with van der Waals surface area (Å²) < 4.78 is 0. The molecule has 0 bridgehead atoms. The van der Waals surface area contributed by atoms with Gasteiger partial charge in [0.2, 0.25) is 5.91 Å². The molecule has 0 saturated heterocycles. The number of carboxylic acid groups (broad SMARTS) is 1. The number of amides is 1. The fourth-order valence-electron chi connectivity index (χ4n) is 2.75. The SMILES string of the molecule is CN(C)CC(C)(C)CNC(=O)C1CC=CCC1C(=O)O. The highest BCUT2D eigenvalue weighted by Crippen LogP contribution is 2.26. The van der Waals surface area contributed by atoms with Crippen LogP contribution in [0.15, 0.2) is 12.2 Å². The molecule has 0 aromatic heterocycles. The molecule has 20 heavy (non-hydrogen) atoms. The first-order chi connectivity index (χ1) is 9.23. The molecule has 1 aliphatic rings. The van der Waals surface area contributed by atoms with E-state index in [0.29, 0.717) is 19.4 Å². The van der Waals surface area contributed by atoms with Crippen molar-refractivity contribution in [2.75, 3.05) is 27.2 Å². The maximum absolute atomic E-state index is 12.2. The molecule has 0 heterocycles. The molecule has 5 heteroatoms. The summed E-state index contributed by atoms with van der Waals surface area (Å²) in [6, 6.07) is 0. The molecule has 0 aromatic carbocycles. The van der Waals surface area contributed by atoms with Crippen molar-refractivity contribution >= 4 is 11.9 Å². The summed E-state index contributed by atoms with van der Waals surface area (Å²) >= 11 is 0. The minimum Gasteiger partial charge on any atom is -0.481 e. The minimum absolute atomic E-state index is 0.0393. The molecule has 0 radical (unpaired) electrons. The van der Waals surface area contributed by atoms with Crippen LogP contribution in [0, 0.1) is 17.3 Å². The third-order valence-corrected chi connectivity index (χ3v) is 3.57. The number of nitrogens with zero attached hydrogens (tertiary/aromatic N) is 1. The predicted octanol–water partition coefficient (Wildman–Crippen LogP) is 1.36. The normalized spacial score (nSPS) is 22.9. The molecule has 0 aliphatic heterocycles. The Bertz CT molecular complexity index is 389. The van der Waals surface area contributed by atoms with Gasteiger partial charge < -0.3 is 15.3 Å². The van der Waals surface area contributed by atoms with Crippen molar-refractivity contribution in [1.82, 2.24) is 10.2 Å². The van der Waals surface area contributed by atoms with E-state index >= 15 is 0 Å². The number of hydrogen-bond acceptors (Lipinski definition) is 3. The summed E-state index contributed by atoms with van der Waals surface area (Å²) in [6.07, 6.45) is 4.69. The molecule has 0 aromatic rings. The van der Waals surface area contributed by atoms with Crippen LogP contribution in [0.2, 0.25) is 0 Å². The van der Waals surface area contributed by atoms with Gasteiger partial charge in [0.1, 0.15) is 0 Å². The van der Waals surface area contributed by atoms with Crippen LogP contribution < -0.4 is 5.32 Å². The summed E-state index contributed by atoms with van der Waals surface area (Å²) in [4.78, 5) is 25.5. The zero-order chi connectivity index (χ0) is 15.3. The van der Waals surface area contributed by atoms with E-state index in [1.165, 1.54) is 0 Å². The van der Waals surface area contributed by atoms with E-state index in [1.54, 1.807) is 0 Å². The van der Waals surface area contributed by atoms with Gasteiger partial charge in [0.15, 0.2) is 0 Å². The van der Waals surface area contributed by atoms with Gasteiger partial charge in [0.05, 0.1) is 11.8 Å². The van der Waals surface area contributed by atoms with Crippen LogP contribution in [0.5, 0.6) is 0 Å². The fraction of sp³-hybridized carbons (Fsp3) is 0.733. The van der Waals surface area contributed by atoms with E-state index in [-0.39, 0.29) is 11.3 Å². The number of carbonyl (C=O) groups is 2. The second-order valence-electron chi connectivity index (χ2n) is 6.61. The summed E-state index contributed by atoms with van der Waals surface area (Å²) in [7, 11) is 3.99. The number of carbonyl (C=O) groups excluding carboxylic acids is 1. The maximum Gasteiger partial charge on any atom is 0.307 e. The zero-order valence-corrected chi connectivity index (χ0v) is 12.8. The monoisotopic (exact) mass is 282 g/mol. The highest BCUT2D eigenvalue weighted by atomic mass is 16.4. The van der Waals surface area contributed by atoms with Gasteiger partial charge in [-0.15, -0.1) is 0 Å². The highest BCUT2D eigenvalue weighted by molar-refractivity contribution is 5.85. The average Bonchev–Trinajstić information content (AvgIpc) is 2.34. The van der Waals surface area contributed by atoms with Gasteiger partial charge in [0.25, 0.3) is 0 Å². The van der Waals surface area contributed by atoms with E-state index in [9.17, 15) is 14.7 Å². The molecule has 2 N–H and O–H groups in total. The Morgan fingerprint density at radius 3 is 2.30 bits per heavy atom. The van der Waals surface area contributed by atoms with Crippen molar-refractivity contribution in [2.24, 2.45) is 17.3 Å². The van der Waals surface area contributed by atoms with E-state index in [4.69, 9.17) is 0 Å². The van der Waals surface area contributed by atoms with Gasteiger partial charge in [0, 0.05) is 13.1 Å². The first kappa shape index (κ1) is 16.7. The second kappa shape index (κ2) is 6.88. The van der Waals surface area contributed by atoms with Gasteiger partial charge >= 0.3 is 5.97 Å². The topological polar surface area (TPSA) is 69.6 Å². The molecule has 0 fully saturated rings. The van der Waals surface area contributed by atoms with Crippen LogP contribution in [0.25, 0.3) is 0 Å². The van der Waals surface area contributed by atoms with Gasteiger partial charge in [-0.1, -0.05) is 26.0 Å². The molecule has 1 amide bonds. The first-order valence-corrected chi connectivity index (χ1v) is 7.03. The Morgan fingerprint density at radius 2 is 1.80 bits per heavy atom. The molecule has 2 atom stereocenters. The Morgan fingerprint density at radius 1 is 1.25 bits per heavy atom. The van der Waals surface area contributed by atoms with Crippen molar-refractivity contribution in [3.63, 3.8) is 0 Å². The number of hydrogen-bond donors (Lipinski definition) is 2. The Kier molecular flexibility index (Phi) is 5.74. The molecule has 2 unspecified atom stereocenters. The highest BCUT2D eigenvalue weighted by Gasteiger charge is 2.34. The largest absolute Gasteiger partial charge is 0.481 e. The molecule has 5 nitrogen and oxygen atoms in total. The van der Waals surface area contributed by atoms with Crippen LogP contribution >= 0.6 is 0 Å². The zero-order valence-electron chi connectivity index (χ0n) is 12.8. The van der Waals surface area contributed by atoms with Crippen LogP contribution in [0.1, 0.15) is 26.7 Å². The predicted molar refractivity (Wildman–Crippen MR) is 78.3 cm³/mol. The number of allylic oxidation sites excluding steroid dienone is 2. The lowest BCUT2D eigenvalue weighted by atomic mass is 9.82. The quantitative estimate of drug-likeness (QED) is 0.722. The molecule has 0 spiro atoms. The third-order valence-electron chi connectivity index (χ3n) is 3.57. The maximum atomic E-state index is 12.2. The molecule has 1 rings (SSSR count). The number of nitrogens with one attached hydrogen (secondary N) is 1. The number of rotatable bonds is 6. The van der Waals surface area contributed by atoms with Crippen molar-refractivity contribution in [3.05, 3.63) is 12.2 Å². The van der Waals surface area contributed by atoms with Crippen LogP contribution in [-0.4, -0.2) is 49.1 Å². The van der Waals surface area contributed by atoms with Crippen molar-refractivity contribution < 1.29 is 14.7 Å². The Labute approximate surface area is 121 Å². The molecule has 114 valence electrons. The molecular weight excluding hydrogens is 256 g/mol. The summed E-state index contributed by atoms with van der Waals surface area (Å²) in [6.45, 7) is 5.59. The van der Waals surface area contributed by atoms with Crippen molar-refractivity contribution in [1.29, 1.82) is 0 Å². The lowest BCUT2D eigenvalue weighted by molar-refractivity contribution is -0.147. The second-order valence-corrected chi connectivity index (χ2v) is 6.61. The Hall–Kier alpha value is -1.36. The van der Waals surface area contributed by atoms with Gasteiger partial charge in [-0.3, -0.25) is 9.59 Å². The summed E-state index contributed by atoms with van der Waals surface area (Å²) in [5.41, 5.74) is -0.0393. The van der Waals surface area contributed by atoms with Crippen molar-refractivity contribution in [2.45, 2.75) is 26.7 Å². The van der Waals surface area contributed by atoms with Gasteiger partial charge in [-0.2, -0.15) is 0 Å². The molecule has 0 saturated carbocycles. The first-order valence-electron chi connectivity index (χ1n) is 7.03. The third kappa shape index (κ3) is 4.96. The van der Waals surface area contributed by atoms with E-state index < -0.39 is 17.8 Å². The minimum atomic E-state index is -0.887. The molecule has 1 aliphatic carbocycles. The Balaban J connectivity index is 2.57. The van der Waals surface area contributed by atoms with E-state index in [2.05, 4.69) is 24.1 Å². The molecular formula is C15H26N2O3. The number of carboxylic acids is 1. The van der Waals surface area contributed by atoms with E-state index in [0.717, 1.165) is 6.54 Å². The fourth-order valence-corrected chi connectivity index (χ4v) is 2.75. The van der Waals surface area contributed by atoms with E-state index in [1.807, 2.05) is 26.2 Å². The number of aliphatic carboxylic acids is 1. The smallest absolute Gasteiger partial charge is 0.307 e. The van der Waals surface area contributed by atoms with Crippen LogP contribution in [0.4, 0.5) is 0 Å². The average molecular weight is 282 g/mol. The summed E-state index contributed by atoms with van der Waals surface area (Å²) in [5, 5.41) is 12.1. The lowest BCUT2D eigenvalue weighted by Gasteiger charge is -2.30. The van der Waals surface area contributed by atoms with Gasteiger partial charge in [-0.25, -0.2) is 0 Å².